The number of carbonyl (C=O) groups excluding carboxylic acids is 1. The van der Waals surface area contributed by atoms with Gasteiger partial charge >= 0.3 is 5.97 Å². The normalized spacial score (nSPS) is 10.3. The fourth-order valence-electron chi connectivity index (χ4n) is 1.06. The molecule has 4 heteroatoms. The van der Waals surface area contributed by atoms with Crippen molar-refractivity contribution in [3.63, 3.8) is 0 Å². The predicted octanol–water partition coefficient (Wildman–Crippen LogP) is 1.50. The lowest BCUT2D eigenvalue weighted by Crippen LogP contribution is -2.13. The second kappa shape index (κ2) is 7.53. The summed E-state index contributed by atoms with van der Waals surface area (Å²) in [6.07, 6.45) is 1.93. The Hall–Kier alpha value is -0.870. The van der Waals surface area contributed by atoms with Gasteiger partial charge in [-0.3, -0.25) is 0 Å². The third-order valence-corrected chi connectivity index (χ3v) is 1.92. The molecule has 0 unspecified atom stereocenters. The zero-order chi connectivity index (χ0) is 11.0. The zero-order valence-electron chi connectivity index (χ0n) is 9.04. The maximum atomic E-state index is 10.9. The van der Waals surface area contributed by atoms with Crippen LogP contribution in [0.4, 0.5) is 0 Å². The number of esters is 1. The summed E-state index contributed by atoms with van der Waals surface area (Å²) in [5, 5.41) is 0. The molecule has 0 spiro atoms. The number of rotatable bonds is 7. The minimum atomic E-state index is -0.351. The standard InChI is InChI=1S/C10H18O4/c1-8(10(11)14-4)6-5-7-9(12-2)13-3/h9H,1,5-7H2,2-4H3. The number of methoxy groups -OCH3 is 3. The Kier molecular flexibility index (Phi) is 7.06. The lowest BCUT2D eigenvalue weighted by molar-refractivity contribution is -0.136. The second-order valence-electron chi connectivity index (χ2n) is 2.89. The Balaban J connectivity index is 3.63. The van der Waals surface area contributed by atoms with Crippen molar-refractivity contribution in [2.24, 2.45) is 0 Å². The third kappa shape index (κ3) is 4.99. The monoisotopic (exact) mass is 202 g/mol. The summed E-state index contributed by atoms with van der Waals surface area (Å²) in [7, 11) is 4.52. The van der Waals surface area contributed by atoms with Crippen LogP contribution in [-0.2, 0) is 19.0 Å². The highest BCUT2D eigenvalue weighted by Crippen LogP contribution is 2.10. The summed E-state index contributed by atoms with van der Waals surface area (Å²) < 4.78 is 14.5. The number of hydrogen-bond acceptors (Lipinski definition) is 4. The first-order valence-corrected chi connectivity index (χ1v) is 4.47. The van der Waals surface area contributed by atoms with E-state index in [0.717, 1.165) is 12.8 Å². The molecule has 0 saturated heterocycles. The summed E-state index contributed by atoms with van der Waals surface area (Å²) in [4.78, 5) is 10.9. The van der Waals surface area contributed by atoms with E-state index in [1.807, 2.05) is 0 Å². The summed E-state index contributed by atoms with van der Waals surface area (Å²) in [5.74, 6) is -0.351. The third-order valence-electron chi connectivity index (χ3n) is 1.92. The lowest BCUT2D eigenvalue weighted by atomic mass is 10.1. The van der Waals surface area contributed by atoms with Crippen molar-refractivity contribution in [2.75, 3.05) is 21.3 Å². The molecule has 0 radical (unpaired) electrons. The Bertz CT molecular complexity index is 185. The molecule has 0 fully saturated rings. The first-order valence-electron chi connectivity index (χ1n) is 4.47. The molecule has 0 N–H and O–H groups in total. The van der Waals surface area contributed by atoms with Crippen molar-refractivity contribution in [2.45, 2.75) is 25.6 Å². The van der Waals surface area contributed by atoms with E-state index in [1.165, 1.54) is 7.11 Å². The molecule has 0 rings (SSSR count). The molecule has 14 heavy (non-hydrogen) atoms. The minimum absolute atomic E-state index is 0.208. The summed E-state index contributed by atoms with van der Waals surface area (Å²) >= 11 is 0. The number of hydrogen-bond donors (Lipinski definition) is 0. The number of ether oxygens (including phenoxy) is 3. The fourth-order valence-corrected chi connectivity index (χ4v) is 1.06. The Morgan fingerprint density at radius 3 is 2.29 bits per heavy atom. The average molecular weight is 202 g/mol. The van der Waals surface area contributed by atoms with Gasteiger partial charge in [-0.1, -0.05) is 6.58 Å². The molecule has 0 bridgehead atoms. The van der Waals surface area contributed by atoms with E-state index in [0.29, 0.717) is 12.0 Å². The van der Waals surface area contributed by atoms with E-state index < -0.39 is 0 Å². The van der Waals surface area contributed by atoms with Crippen LogP contribution < -0.4 is 0 Å². The van der Waals surface area contributed by atoms with Gasteiger partial charge in [0.2, 0.25) is 0 Å². The van der Waals surface area contributed by atoms with Gasteiger partial charge in [-0.2, -0.15) is 0 Å². The summed E-state index contributed by atoms with van der Waals surface area (Å²) in [5.41, 5.74) is 0.485. The predicted molar refractivity (Wildman–Crippen MR) is 52.8 cm³/mol. The van der Waals surface area contributed by atoms with Gasteiger partial charge in [0.1, 0.15) is 0 Å². The van der Waals surface area contributed by atoms with E-state index in [4.69, 9.17) is 9.47 Å². The van der Waals surface area contributed by atoms with Gasteiger partial charge in [-0.25, -0.2) is 4.79 Å². The molecule has 0 heterocycles. The molecule has 0 atom stereocenters. The molecule has 0 aliphatic rings. The molecule has 0 aromatic heterocycles. The topological polar surface area (TPSA) is 44.8 Å². The van der Waals surface area contributed by atoms with Crippen molar-refractivity contribution in [1.82, 2.24) is 0 Å². The van der Waals surface area contributed by atoms with Crippen LogP contribution in [0.3, 0.4) is 0 Å². The highest BCUT2D eigenvalue weighted by atomic mass is 16.7. The Morgan fingerprint density at radius 2 is 1.86 bits per heavy atom. The molecule has 4 nitrogen and oxygen atoms in total. The van der Waals surface area contributed by atoms with E-state index in [-0.39, 0.29) is 12.3 Å². The Labute approximate surface area is 84.8 Å². The molecular formula is C10H18O4. The molecule has 0 aliphatic carbocycles. The van der Waals surface area contributed by atoms with E-state index in [9.17, 15) is 4.79 Å². The molecule has 0 aromatic carbocycles. The minimum Gasteiger partial charge on any atom is -0.466 e. The SMILES string of the molecule is C=C(CCCC(OC)OC)C(=O)OC. The largest absolute Gasteiger partial charge is 0.466 e. The van der Waals surface area contributed by atoms with Crippen molar-refractivity contribution in [3.05, 3.63) is 12.2 Å². The molecule has 82 valence electrons. The molecular weight excluding hydrogens is 184 g/mol. The van der Waals surface area contributed by atoms with Crippen LogP contribution in [0.5, 0.6) is 0 Å². The summed E-state index contributed by atoms with van der Waals surface area (Å²) in [6, 6.07) is 0. The van der Waals surface area contributed by atoms with Gasteiger partial charge in [0.05, 0.1) is 7.11 Å². The van der Waals surface area contributed by atoms with Crippen molar-refractivity contribution >= 4 is 5.97 Å². The Morgan fingerprint density at radius 1 is 1.29 bits per heavy atom. The van der Waals surface area contributed by atoms with Gasteiger partial charge in [0, 0.05) is 19.8 Å². The first kappa shape index (κ1) is 13.1. The smallest absolute Gasteiger partial charge is 0.333 e. The first-order chi connectivity index (χ1) is 6.65. The van der Waals surface area contributed by atoms with Crippen LogP contribution >= 0.6 is 0 Å². The van der Waals surface area contributed by atoms with Gasteiger partial charge in [0.25, 0.3) is 0 Å². The van der Waals surface area contributed by atoms with Gasteiger partial charge in [-0.15, -0.1) is 0 Å². The van der Waals surface area contributed by atoms with E-state index in [1.54, 1.807) is 14.2 Å². The molecule has 0 saturated carbocycles. The highest BCUT2D eigenvalue weighted by Gasteiger charge is 2.09. The van der Waals surface area contributed by atoms with Crippen molar-refractivity contribution < 1.29 is 19.0 Å². The fraction of sp³-hybridized carbons (Fsp3) is 0.700. The quantitative estimate of drug-likeness (QED) is 0.356. The maximum Gasteiger partial charge on any atom is 0.333 e. The van der Waals surface area contributed by atoms with E-state index in [2.05, 4.69) is 11.3 Å². The average Bonchev–Trinajstić information content (AvgIpc) is 2.22. The van der Waals surface area contributed by atoms with Crippen LogP contribution in [0.2, 0.25) is 0 Å². The molecule has 0 aliphatic heterocycles. The van der Waals surface area contributed by atoms with Gasteiger partial charge in [-0.05, 0) is 19.3 Å². The maximum absolute atomic E-state index is 10.9. The van der Waals surface area contributed by atoms with Crippen LogP contribution in [0, 0.1) is 0 Å². The number of carbonyl (C=O) groups is 1. The van der Waals surface area contributed by atoms with Crippen LogP contribution in [0.15, 0.2) is 12.2 Å². The molecule has 0 aromatic rings. The molecule has 0 amide bonds. The van der Waals surface area contributed by atoms with Gasteiger partial charge in [0.15, 0.2) is 6.29 Å². The summed E-state index contributed by atoms with van der Waals surface area (Å²) in [6.45, 7) is 3.62. The van der Waals surface area contributed by atoms with Gasteiger partial charge < -0.3 is 14.2 Å². The second-order valence-corrected chi connectivity index (χ2v) is 2.89. The zero-order valence-corrected chi connectivity index (χ0v) is 9.04. The highest BCUT2D eigenvalue weighted by molar-refractivity contribution is 5.87. The van der Waals surface area contributed by atoms with Crippen LogP contribution in [-0.4, -0.2) is 33.6 Å². The van der Waals surface area contributed by atoms with Crippen LogP contribution in [0.25, 0.3) is 0 Å². The van der Waals surface area contributed by atoms with Crippen LogP contribution in [0.1, 0.15) is 19.3 Å². The van der Waals surface area contributed by atoms with E-state index >= 15 is 0 Å². The van der Waals surface area contributed by atoms with Crippen molar-refractivity contribution in [1.29, 1.82) is 0 Å². The lowest BCUT2D eigenvalue weighted by Gasteiger charge is -2.12. The van der Waals surface area contributed by atoms with Crippen molar-refractivity contribution in [3.8, 4) is 0 Å².